The number of nitrogens with zero attached hydrogens (tertiary/aromatic N) is 1. The summed E-state index contributed by atoms with van der Waals surface area (Å²) in [5.41, 5.74) is 3.15. The minimum absolute atomic E-state index is 0.181. The Balaban J connectivity index is 2.22. The number of hydrogen-bond donors (Lipinski definition) is 1. The molecule has 0 bridgehead atoms. The molecular weight excluding hydrogens is 202 g/mol. The third kappa shape index (κ3) is 2.31. The molecule has 2 aromatic rings. The minimum atomic E-state index is 0.181. The van der Waals surface area contributed by atoms with Gasteiger partial charge in [-0.05, 0) is 18.9 Å². The highest BCUT2D eigenvalue weighted by Crippen LogP contribution is 2.22. The van der Waals surface area contributed by atoms with Crippen LogP contribution in [0.25, 0.3) is 11.3 Å². The number of aliphatic hydroxyl groups excluding tert-OH is 1. The van der Waals surface area contributed by atoms with Gasteiger partial charge in [-0.1, -0.05) is 29.4 Å². The fraction of sp³-hybridized carbons (Fsp3) is 0.308. The first kappa shape index (κ1) is 10.9. The Bertz CT molecular complexity index is 462. The normalized spacial score (nSPS) is 10.6. The highest BCUT2D eigenvalue weighted by atomic mass is 16.5. The second-order valence-electron chi connectivity index (χ2n) is 3.82. The number of benzene rings is 1. The molecule has 1 aromatic carbocycles. The molecular formula is C13H15NO2. The Morgan fingerprint density at radius 1 is 1.31 bits per heavy atom. The quantitative estimate of drug-likeness (QED) is 0.856. The van der Waals surface area contributed by atoms with Crippen LogP contribution in [0.5, 0.6) is 0 Å². The predicted octanol–water partition coefficient (Wildman–Crippen LogP) is 2.57. The predicted molar refractivity (Wildman–Crippen MR) is 62.1 cm³/mol. The molecule has 0 unspecified atom stereocenters. The number of aryl methyl sites for hydroxylation is 2. The molecule has 1 aromatic heterocycles. The van der Waals surface area contributed by atoms with Crippen LogP contribution in [0.15, 0.2) is 34.9 Å². The van der Waals surface area contributed by atoms with Crippen LogP contribution in [-0.2, 0) is 6.42 Å². The molecule has 0 saturated carbocycles. The first-order valence-electron chi connectivity index (χ1n) is 5.43. The van der Waals surface area contributed by atoms with Gasteiger partial charge in [0.1, 0.15) is 11.5 Å². The van der Waals surface area contributed by atoms with Gasteiger partial charge < -0.3 is 9.63 Å². The molecule has 84 valence electrons. The molecule has 3 nitrogen and oxygen atoms in total. The second kappa shape index (κ2) is 4.94. The Morgan fingerprint density at radius 2 is 2.12 bits per heavy atom. The van der Waals surface area contributed by atoms with Gasteiger partial charge in [0.2, 0.25) is 0 Å². The van der Waals surface area contributed by atoms with E-state index in [0.29, 0.717) is 6.42 Å². The molecule has 0 atom stereocenters. The Morgan fingerprint density at radius 3 is 2.88 bits per heavy atom. The fourth-order valence-corrected chi connectivity index (χ4v) is 1.67. The van der Waals surface area contributed by atoms with Gasteiger partial charge in [0.15, 0.2) is 0 Å². The van der Waals surface area contributed by atoms with Gasteiger partial charge in [-0.2, -0.15) is 0 Å². The lowest BCUT2D eigenvalue weighted by Crippen LogP contribution is -1.86. The molecule has 3 heteroatoms. The van der Waals surface area contributed by atoms with Crippen LogP contribution in [0.1, 0.15) is 17.7 Å². The van der Waals surface area contributed by atoms with E-state index in [2.05, 4.69) is 18.1 Å². The molecule has 1 heterocycles. The lowest BCUT2D eigenvalue weighted by molar-refractivity contribution is 0.280. The molecule has 0 aliphatic heterocycles. The first-order valence-corrected chi connectivity index (χ1v) is 5.43. The van der Waals surface area contributed by atoms with E-state index in [4.69, 9.17) is 9.63 Å². The van der Waals surface area contributed by atoms with E-state index >= 15 is 0 Å². The average molecular weight is 217 g/mol. The van der Waals surface area contributed by atoms with Crippen LogP contribution in [0.4, 0.5) is 0 Å². The van der Waals surface area contributed by atoms with Gasteiger partial charge in [-0.15, -0.1) is 0 Å². The third-order valence-corrected chi connectivity index (χ3v) is 2.56. The molecule has 2 rings (SSSR count). The van der Waals surface area contributed by atoms with Gasteiger partial charge in [0, 0.05) is 24.7 Å². The van der Waals surface area contributed by atoms with Crippen LogP contribution in [0.3, 0.4) is 0 Å². The van der Waals surface area contributed by atoms with Crippen molar-refractivity contribution in [1.29, 1.82) is 0 Å². The maximum absolute atomic E-state index is 8.73. The Kier molecular flexibility index (Phi) is 3.37. The highest BCUT2D eigenvalue weighted by molar-refractivity contribution is 5.62. The summed E-state index contributed by atoms with van der Waals surface area (Å²) in [6.45, 7) is 2.23. The first-order chi connectivity index (χ1) is 7.81. The monoisotopic (exact) mass is 217 g/mol. The molecule has 1 N–H and O–H groups in total. The van der Waals surface area contributed by atoms with Crippen LogP contribution >= 0.6 is 0 Å². The van der Waals surface area contributed by atoms with E-state index in [9.17, 15) is 0 Å². The maximum atomic E-state index is 8.73. The zero-order valence-corrected chi connectivity index (χ0v) is 9.31. The van der Waals surface area contributed by atoms with Crippen molar-refractivity contribution in [3.8, 4) is 11.3 Å². The molecule has 0 saturated heterocycles. The summed E-state index contributed by atoms with van der Waals surface area (Å²) in [6.07, 6.45) is 1.44. The molecule has 0 radical (unpaired) electrons. The summed E-state index contributed by atoms with van der Waals surface area (Å²) >= 11 is 0. The summed E-state index contributed by atoms with van der Waals surface area (Å²) in [7, 11) is 0. The minimum Gasteiger partial charge on any atom is -0.396 e. The van der Waals surface area contributed by atoms with Crippen molar-refractivity contribution in [2.45, 2.75) is 19.8 Å². The van der Waals surface area contributed by atoms with Gasteiger partial charge in [0.05, 0.1) is 0 Å². The molecule has 0 amide bonds. The van der Waals surface area contributed by atoms with Crippen molar-refractivity contribution >= 4 is 0 Å². The Hall–Kier alpha value is -1.61. The topological polar surface area (TPSA) is 46.3 Å². The van der Waals surface area contributed by atoms with E-state index < -0.39 is 0 Å². The average Bonchev–Trinajstić information content (AvgIpc) is 2.75. The summed E-state index contributed by atoms with van der Waals surface area (Å²) in [5, 5.41) is 12.8. The lowest BCUT2D eigenvalue weighted by Gasteiger charge is -1.98. The Labute approximate surface area is 94.7 Å². The van der Waals surface area contributed by atoms with Gasteiger partial charge >= 0.3 is 0 Å². The summed E-state index contributed by atoms with van der Waals surface area (Å²) in [5.74, 6) is 0.826. The number of hydrogen-bond acceptors (Lipinski definition) is 3. The summed E-state index contributed by atoms with van der Waals surface area (Å²) in [6, 6.07) is 10.0. The van der Waals surface area contributed by atoms with Crippen molar-refractivity contribution < 1.29 is 9.63 Å². The van der Waals surface area contributed by atoms with Crippen LogP contribution in [0.2, 0.25) is 0 Å². The van der Waals surface area contributed by atoms with Crippen LogP contribution < -0.4 is 0 Å². The standard InChI is InChI=1S/C13H15NO2/c1-10-5-2-3-7-12(10)13-9-11(16-14-13)6-4-8-15/h2-3,5,7,9,15H,4,6,8H2,1H3. The van der Waals surface area contributed by atoms with Crippen LogP contribution in [0, 0.1) is 6.92 Å². The van der Waals surface area contributed by atoms with Crippen molar-refractivity contribution in [2.24, 2.45) is 0 Å². The number of rotatable bonds is 4. The smallest absolute Gasteiger partial charge is 0.137 e. The molecule has 0 aliphatic rings. The van der Waals surface area contributed by atoms with Crippen LogP contribution in [-0.4, -0.2) is 16.9 Å². The van der Waals surface area contributed by atoms with E-state index in [1.165, 1.54) is 5.56 Å². The zero-order valence-electron chi connectivity index (χ0n) is 9.31. The maximum Gasteiger partial charge on any atom is 0.137 e. The van der Waals surface area contributed by atoms with Gasteiger partial charge in [-0.25, -0.2) is 0 Å². The number of aromatic nitrogens is 1. The molecule has 0 fully saturated rings. The summed E-state index contributed by atoms with van der Waals surface area (Å²) < 4.78 is 5.22. The zero-order chi connectivity index (χ0) is 11.4. The molecule has 0 aliphatic carbocycles. The van der Waals surface area contributed by atoms with E-state index in [1.807, 2.05) is 24.3 Å². The third-order valence-electron chi connectivity index (χ3n) is 2.56. The van der Waals surface area contributed by atoms with E-state index in [-0.39, 0.29) is 6.61 Å². The fourth-order valence-electron chi connectivity index (χ4n) is 1.67. The van der Waals surface area contributed by atoms with Crippen molar-refractivity contribution in [2.75, 3.05) is 6.61 Å². The second-order valence-corrected chi connectivity index (χ2v) is 3.82. The molecule has 16 heavy (non-hydrogen) atoms. The highest BCUT2D eigenvalue weighted by Gasteiger charge is 2.07. The largest absolute Gasteiger partial charge is 0.396 e. The molecule has 0 spiro atoms. The van der Waals surface area contributed by atoms with Gasteiger partial charge in [-0.3, -0.25) is 0 Å². The van der Waals surface area contributed by atoms with E-state index in [1.54, 1.807) is 0 Å². The van der Waals surface area contributed by atoms with Crippen molar-refractivity contribution in [3.05, 3.63) is 41.7 Å². The van der Waals surface area contributed by atoms with Crippen molar-refractivity contribution in [1.82, 2.24) is 5.16 Å². The SMILES string of the molecule is Cc1ccccc1-c1cc(CCCO)on1. The van der Waals surface area contributed by atoms with Gasteiger partial charge in [0.25, 0.3) is 0 Å². The van der Waals surface area contributed by atoms with Crippen molar-refractivity contribution in [3.63, 3.8) is 0 Å². The number of aliphatic hydroxyl groups is 1. The summed E-state index contributed by atoms with van der Waals surface area (Å²) in [4.78, 5) is 0. The van der Waals surface area contributed by atoms with E-state index in [0.717, 1.165) is 23.4 Å². The lowest BCUT2D eigenvalue weighted by atomic mass is 10.1.